The Morgan fingerprint density at radius 1 is 1.06 bits per heavy atom. The van der Waals surface area contributed by atoms with E-state index in [1.165, 1.54) is 23.9 Å². The quantitative estimate of drug-likeness (QED) is 0.558. The molecule has 11 heteroatoms. The Bertz CT molecular complexity index is 951. The minimum Gasteiger partial charge on any atom is -0.373 e. The average Bonchev–Trinajstić information content (AvgIpc) is 2.63. The van der Waals surface area contributed by atoms with Gasteiger partial charge in [0.2, 0.25) is 11.5 Å². The van der Waals surface area contributed by atoms with Gasteiger partial charge in [0.1, 0.15) is 0 Å². The Labute approximate surface area is 186 Å². The maximum Gasteiger partial charge on any atom is 0.426 e. The molecular formula is C20H21ClF3N3O3S. The van der Waals surface area contributed by atoms with Gasteiger partial charge in [0.05, 0.1) is 17.3 Å². The van der Waals surface area contributed by atoms with Crippen LogP contribution < -0.4 is 10.6 Å². The van der Waals surface area contributed by atoms with E-state index in [0.717, 1.165) is 4.90 Å². The topological polar surface area (TPSA) is 81.7 Å². The first kappa shape index (κ1) is 25.0. The molecule has 0 radical (unpaired) electrons. The molecule has 2 rings (SSSR count). The highest BCUT2D eigenvalue weighted by molar-refractivity contribution is 7.99. The highest BCUT2D eigenvalue weighted by atomic mass is 35.5. The monoisotopic (exact) mass is 475 g/mol. The summed E-state index contributed by atoms with van der Waals surface area (Å²) in [5.41, 5.74) is -2.96. The van der Waals surface area contributed by atoms with Crippen molar-refractivity contribution in [3.8, 4) is 0 Å². The number of carbonyl (C=O) groups is 2. The summed E-state index contributed by atoms with van der Waals surface area (Å²) in [6.07, 6.45) is -5.13. The zero-order chi connectivity index (χ0) is 23.4. The first-order valence-corrected chi connectivity index (χ1v) is 10.1. The van der Waals surface area contributed by atoms with E-state index in [0.29, 0.717) is 17.5 Å². The first-order valence-electron chi connectivity index (χ1n) is 8.92. The Morgan fingerprint density at radius 2 is 1.65 bits per heavy atom. The average molecular weight is 476 g/mol. The Kier molecular flexibility index (Phi) is 7.98. The van der Waals surface area contributed by atoms with Crippen LogP contribution in [-0.4, -0.2) is 54.2 Å². The van der Waals surface area contributed by atoms with E-state index in [1.54, 1.807) is 49.3 Å². The van der Waals surface area contributed by atoms with E-state index < -0.39 is 17.7 Å². The Morgan fingerprint density at radius 3 is 2.16 bits per heavy atom. The standard InChI is InChI=1S/C20H21ClF3N3O3S/c1-19(30,20(22,23)24)18(29)26-16-9-8-14(10-15(16)21)31-13-6-4-12(5-7-13)25-17(28)11-27(2)3/h4-10,30H,11H2,1-3H3,(H,25,28)(H,26,29). The molecule has 0 fully saturated rings. The number of halogens is 4. The predicted octanol–water partition coefficient (Wildman–Crippen LogP) is 4.24. The third kappa shape index (κ3) is 6.86. The number of anilines is 2. The molecule has 168 valence electrons. The van der Waals surface area contributed by atoms with Gasteiger partial charge in [0.15, 0.2) is 0 Å². The minimum absolute atomic E-state index is 0.0175. The molecular weight excluding hydrogens is 455 g/mol. The molecule has 2 aromatic rings. The highest BCUT2D eigenvalue weighted by Gasteiger charge is 2.55. The van der Waals surface area contributed by atoms with Crippen LogP contribution in [-0.2, 0) is 9.59 Å². The van der Waals surface area contributed by atoms with E-state index >= 15 is 0 Å². The van der Waals surface area contributed by atoms with Crippen molar-refractivity contribution in [3.05, 3.63) is 47.5 Å². The number of rotatable bonds is 7. The summed E-state index contributed by atoms with van der Waals surface area (Å²) >= 11 is 7.42. The van der Waals surface area contributed by atoms with Gasteiger partial charge in [-0.05, 0) is 63.5 Å². The van der Waals surface area contributed by atoms with Crippen molar-refractivity contribution >= 4 is 46.6 Å². The largest absolute Gasteiger partial charge is 0.426 e. The molecule has 2 aromatic carbocycles. The normalized spacial score (nSPS) is 13.6. The van der Waals surface area contributed by atoms with Crippen LogP contribution in [0, 0.1) is 0 Å². The molecule has 0 aliphatic heterocycles. The molecule has 1 atom stereocenters. The molecule has 0 aromatic heterocycles. The van der Waals surface area contributed by atoms with Gasteiger partial charge in [-0.1, -0.05) is 23.4 Å². The lowest BCUT2D eigenvalue weighted by Gasteiger charge is -2.25. The molecule has 6 nitrogen and oxygen atoms in total. The van der Waals surface area contributed by atoms with E-state index in [4.69, 9.17) is 11.6 Å². The van der Waals surface area contributed by atoms with Crippen LogP contribution in [0.15, 0.2) is 52.3 Å². The number of alkyl halides is 3. The number of hydrogen-bond donors (Lipinski definition) is 3. The molecule has 0 bridgehead atoms. The summed E-state index contributed by atoms with van der Waals surface area (Å²) in [6, 6.07) is 11.5. The molecule has 2 amide bonds. The fourth-order valence-electron chi connectivity index (χ4n) is 2.26. The molecule has 0 saturated carbocycles. The smallest absolute Gasteiger partial charge is 0.373 e. The first-order chi connectivity index (χ1) is 14.3. The molecule has 0 spiro atoms. The Hall–Kier alpha value is -2.27. The molecule has 0 saturated heterocycles. The fraction of sp³-hybridized carbons (Fsp3) is 0.300. The second kappa shape index (κ2) is 9.90. The zero-order valence-corrected chi connectivity index (χ0v) is 18.5. The summed E-state index contributed by atoms with van der Waals surface area (Å²) in [6.45, 7) is 0.628. The molecule has 0 heterocycles. The molecule has 31 heavy (non-hydrogen) atoms. The molecule has 0 aliphatic carbocycles. The second-order valence-corrected chi connectivity index (χ2v) is 8.63. The number of nitrogens with zero attached hydrogens (tertiary/aromatic N) is 1. The maximum absolute atomic E-state index is 12.8. The van der Waals surface area contributed by atoms with Gasteiger partial charge >= 0.3 is 6.18 Å². The van der Waals surface area contributed by atoms with E-state index in [2.05, 4.69) is 5.32 Å². The van der Waals surface area contributed by atoms with Crippen molar-refractivity contribution in [3.63, 3.8) is 0 Å². The summed E-state index contributed by atoms with van der Waals surface area (Å²) in [5.74, 6) is -1.77. The Balaban J connectivity index is 2.04. The molecule has 0 aliphatic rings. The van der Waals surface area contributed by atoms with Gasteiger partial charge in [-0.15, -0.1) is 0 Å². The number of likely N-dealkylation sites (N-methyl/N-ethyl adjacent to an activating group) is 1. The predicted molar refractivity (Wildman–Crippen MR) is 115 cm³/mol. The van der Waals surface area contributed by atoms with E-state index in [1.807, 2.05) is 5.32 Å². The van der Waals surface area contributed by atoms with Gasteiger partial charge in [-0.2, -0.15) is 13.2 Å². The molecule has 3 N–H and O–H groups in total. The summed E-state index contributed by atoms with van der Waals surface area (Å²) in [7, 11) is 3.58. The lowest BCUT2D eigenvalue weighted by molar-refractivity contribution is -0.242. The van der Waals surface area contributed by atoms with Gasteiger partial charge in [0, 0.05) is 15.5 Å². The SMILES string of the molecule is CN(C)CC(=O)Nc1ccc(Sc2ccc(NC(=O)C(C)(O)C(F)(F)F)c(Cl)c2)cc1. The van der Waals surface area contributed by atoms with Crippen LogP contribution in [0.2, 0.25) is 5.02 Å². The van der Waals surface area contributed by atoms with Gasteiger partial charge in [-0.3, -0.25) is 9.59 Å². The van der Waals surface area contributed by atoms with Crippen LogP contribution in [0.5, 0.6) is 0 Å². The number of benzene rings is 2. The van der Waals surface area contributed by atoms with Gasteiger partial charge in [-0.25, -0.2) is 0 Å². The number of carbonyl (C=O) groups excluding carboxylic acids is 2. The number of nitrogens with one attached hydrogen (secondary N) is 2. The van der Waals surface area contributed by atoms with Crippen LogP contribution in [0.25, 0.3) is 0 Å². The highest BCUT2D eigenvalue weighted by Crippen LogP contribution is 2.35. The van der Waals surface area contributed by atoms with Crippen molar-refractivity contribution in [1.29, 1.82) is 0 Å². The minimum atomic E-state index is -5.13. The van der Waals surface area contributed by atoms with Crippen molar-refractivity contribution in [1.82, 2.24) is 4.90 Å². The fourth-order valence-corrected chi connectivity index (χ4v) is 3.41. The van der Waals surface area contributed by atoms with Crippen molar-refractivity contribution in [2.45, 2.75) is 28.5 Å². The lowest BCUT2D eigenvalue weighted by atomic mass is 10.1. The zero-order valence-electron chi connectivity index (χ0n) is 16.9. The summed E-state index contributed by atoms with van der Waals surface area (Å²) < 4.78 is 38.3. The number of hydrogen-bond acceptors (Lipinski definition) is 5. The van der Waals surface area contributed by atoms with Crippen LogP contribution in [0.3, 0.4) is 0 Å². The molecule has 1 unspecified atom stereocenters. The third-order valence-corrected chi connectivity index (χ3v) is 5.33. The van der Waals surface area contributed by atoms with E-state index in [-0.39, 0.29) is 23.2 Å². The summed E-state index contributed by atoms with van der Waals surface area (Å²) in [4.78, 5) is 26.8. The number of aliphatic hydroxyl groups is 1. The van der Waals surface area contributed by atoms with Crippen LogP contribution >= 0.6 is 23.4 Å². The second-order valence-electron chi connectivity index (χ2n) is 7.08. The van der Waals surface area contributed by atoms with Crippen molar-refractivity contribution < 1.29 is 27.9 Å². The van der Waals surface area contributed by atoms with Crippen LogP contribution in [0.4, 0.5) is 24.5 Å². The maximum atomic E-state index is 12.8. The lowest BCUT2D eigenvalue weighted by Crippen LogP contribution is -2.52. The third-order valence-electron chi connectivity index (χ3n) is 4.02. The van der Waals surface area contributed by atoms with Gasteiger partial charge < -0.3 is 20.6 Å². The van der Waals surface area contributed by atoms with E-state index in [9.17, 15) is 27.9 Å². The van der Waals surface area contributed by atoms with Crippen molar-refractivity contribution in [2.24, 2.45) is 0 Å². The summed E-state index contributed by atoms with van der Waals surface area (Å²) in [5, 5.41) is 14.2. The number of amides is 2. The van der Waals surface area contributed by atoms with Crippen LogP contribution in [0.1, 0.15) is 6.92 Å². The van der Waals surface area contributed by atoms with Crippen molar-refractivity contribution in [2.75, 3.05) is 31.3 Å². The van der Waals surface area contributed by atoms with Gasteiger partial charge in [0.25, 0.3) is 5.91 Å².